The molecule has 3 aromatic rings. The summed E-state index contributed by atoms with van der Waals surface area (Å²) in [6, 6.07) is 12.1. The minimum Gasteiger partial charge on any atom is -0.497 e. The van der Waals surface area contributed by atoms with Crippen LogP contribution in [0.4, 0.5) is 11.4 Å². The molecule has 0 spiro atoms. The lowest BCUT2D eigenvalue weighted by atomic mass is 9.97. The number of methoxy groups -OCH3 is 1. The number of aromatic nitrogens is 2. The van der Waals surface area contributed by atoms with Crippen LogP contribution in [0.5, 0.6) is 17.2 Å². The van der Waals surface area contributed by atoms with Crippen LogP contribution in [0.2, 0.25) is 0 Å². The van der Waals surface area contributed by atoms with E-state index < -0.39 is 5.91 Å². The number of hydrogen-bond acceptors (Lipinski definition) is 9. The molecule has 12 heteroatoms. The highest BCUT2D eigenvalue weighted by Gasteiger charge is 2.31. The molecule has 2 N–H and O–H groups in total. The van der Waals surface area contributed by atoms with E-state index in [1.54, 1.807) is 54.5 Å². The Morgan fingerprint density at radius 2 is 1.83 bits per heavy atom. The highest BCUT2D eigenvalue weighted by atomic mass is 32.1. The van der Waals surface area contributed by atoms with Crippen molar-refractivity contribution in [1.82, 2.24) is 15.1 Å². The van der Waals surface area contributed by atoms with Crippen LogP contribution < -0.4 is 24.8 Å². The van der Waals surface area contributed by atoms with E-state index in [9.17, 15) is 14.4 Å². The van der Waals surface area contributed by atoms with Crippen LogP contribution in [0, 0.1) is 5.92 Å². The molecule has 1 aromatic heterocycles. The van der Waals surface area contributed by atoms with E-state index in [0.29, 0.717) is 48.0 Å². The summed E-state index contributed by atoms with van der Waals surface area (Å²) in [5, 5.41) is 13.6. The lowest BCUT2D eigenvalue weighted by molar-refractivity contribution is -0.121. The molecule has 11 nitrogen and oxygen atoms in total. The molecule has 186 valence electrons. The first-order valence-corrected chi connectivity index (χ1v) is 12.1. The molecule has 0 saturated carbocycles. The standard InChI is InChI=1S/C24H23N5O6S/c1-33-17-6-2-5-15(10-17)25-20(30)14-4-3-9-29(12-14)24(32)23-28-27-22(36-23)21(31)26-16-7-8-18-19(11-16)35-13-34-18/h2,5-8,10-11,14H,3-4,9,12-13H2,1H3,(H,25,30)(H,26,31). The Morgan fingerprint density at radius 3 is 2.69 bits per heavy atom. The molecule has 0 radical (unpaired) electrons. The number of fused-ring (bicyclic) bond motifs is 1. The predicted octanol–water partition coefficient (Wildman–Crippen LogP) is 3.02. The second-order valence-corrected chi connectivity index (χ2v) is 9.22. The maximum Gasteiger partial charge on any atom is 0.286 e. The Labute approximate surface area is 210 Å². The predicted molar refractivity (Wildman–Crippen MR) is 131 cm³/mol. The Hall–Kier alpha value is -4.19. The average Bonchev–Trinajstić information content (AvgIpc) is 3.58. The molecule has 3 amide bonds. The number of carbonyl (C=O) groups is 3. The monoisotopic (exact) mass is 509 g/mol. The number of piperidine rings is 1. The van der Waals surface area contributed by atoms with Crippen LogP contribution >= 0.6 is 11.3 Å². The number of hydrogen-bond donors (Lipinski definition) is 2. The van der Waals surface area contributed by atoms with E-state index in [4.69, 9.17) is 14.2 Å². The van der Waals surface area contributed by atoms with Gasteiger partial charge in [0.15, 0.2) is 11.5 Å². The zero-order chi connectivity index (χ0) is 25.1. The van der Waals surface area contributed by atoms with Crippen LogP contribution in [-0.4, -0.2) is 59.8 Å². The number of rotatable bonds is 6. The first kappa shape index (κ1) is 23.5. The van der Waals surface area contributed by atoms with Gasteiger partial charge >= 0.3 is 0 Å². The molecular weight excluding hydrogens is 486 g/mol. The van der Waals surface area contributed by atoms with Gasteiger partial charge in [-0.15, -0.1) is 10.2 Å². The SMILES string of the molecule is COc1cccc(NC(=O)C2CCCN(C(=O)c3nnc(C(=O)Nc4ccc5c(c4)OCO5)s3)C2)c1. The lowest BCUT2D eigenvalue weighted by Gasteiger charge is -2.31. The summed E-state index contributed by atoms with van der Waals surface area (Å²) < 4.78 is 15.8. The van der Waals surface area contributed by atoms with Gasteiger partial charge in [-0.1, -0.05) is 17.4 Å². The van der Waals surface area contributed by atoms with E-state index in [1.807, 2.05) is 0 Å². The first-order chi connectivity index (χ1) is 17.5. The molecule has 3 heterocycles. The Morgan fingerprint density at radius 1 is 1.03 bits per heavy atom. The van der Waals surface area contributed by atoms with E-state index in [2.05, 4.69) is 20.8 Å². The number of benzene rings is 2. The van der Waals surface area contributed by atoms with Crippen molar-refractivity contribution in [3.05, 3.63) is 52.5 Å². The summed E-state index contributed by atoms with van der Waals surface area (Å²) in [7, 11) is 1.56. The molecular formula is C24H23N5O6S. The van der Waals surface area contributed by atoms with Crippen molar-refractivity contribution in [2.75, 3.05) is 37.6 Å². The number of anilines is 2. The van der Waals surface area contributed by atoms with Gasteiger partial charge in [-0.3, -0.25) is 14.4 Å². The third-order valence-electron chi connectivity index (χ3n) is 5.85. The number of amides is 3. The molecule has 36 heavy (non-hydrogen) atoms. The molecule has 0 bridgehead atoms. The van der Waals surface area contributed by atoms with Crippen LogP contribution in [-0.2, 0) is 4.79 Å². The van der Waals surface area contributed by atoms with Crippen LogP contribution in [0.1, 0.15) is 32.4 Å². The minimum absolute atomic E-state index is 0.0559. The summed E-state index contributed by atoms with van der Waals surface area (Å²) in [5.74, 6) is 0.415. The van der Waals surface area contributed by atoms with Crippen LogP contribution in [0.3, 0.4) is 0 Å². The number of carbonyl (C=O) groups excluding carboxylic acids is 3. The highest BCUT2D eigenvalue weighted by Crippen LogP contribution is 2.34. The summed E-state index contributed by atoms with van der Waals surface area (Å²) in [6.45, 7) is 0.891. The molecule has 2 aromatic carbocycles. The second-order valence-electron chi connectivity index (χ2n) is 8.25. The number of nitrogens with zero attached hydrogens (tertiary/aromatic N) is 3. The van der Waals surface area contributed by atoms with E-state index >= 15 is 0 Å². The van der Waals surface area contributed by atoms with E-state index in [1.165, 1.54) is 0 Å². The third-order valence-corrected chi connectivity index (χ3v) is 6.76. The summed E-state index contributed by atoms with van der Waals surface area (Å²) in [6.07, 6.45) is 1.34. The fraction of sp³-hybridized carbons (Fsp3) is 0.292. The lowest BCUT2D eigenvalue weighted by Crippen LogP contribution is -2.43. The van der Waals surface area contributed by atoms with Crippen molar-refractivity contribution in [3.8, 4) is 17.2 Å². The van der Waals surface area contributed by atoms with Crippen molar-refractivity contribution in [2.45, 2.75) is 12.8 Å². The fourth-order valence-corrected chi connectivity index (χ4v) is 4.72. The largest absolute Gasteiger partial charge is 0.497 e. The second kappa shape index (κ2) is 10.2. The quantitative estimate of drug-likeness (QED) is 0.518. The van der Waals surface area contributed by atoms with Crippen LogP contribution in [0.15, 0.2) is 42.5 Å². The third kappa shape index (κ3) is 5.08. The molecule has 2 aliphatic heterocycles. The zero-order valence-corrected chi connectivity index (χ0v) is 20.2. The van der Waals surface area contributed by atoms with Gasteiger partial charge in [0.1, 0.15) is 5.75 Å². The first-order valence-electron chi connectivity index (χ1n) is 11.3. The maximum atomic E-state index is 13.1. The van der Waals surface area contributed by atoms with Crippen molar-refractivity contribution in [1.29, 1.82) is 0 Å². The number of likely N-dealkylation sites (tertiary alicyclic amines) is 1. The smallest absolute Gasteiger partial charge is 0.286 e. The van der Waals surface area contributed by atoms with Gasteiger partial charge in [0.05, 0.1) is 13.0 Å². The summed E-state index contributed by atoms with van der Waals surface area (Å²) in [4.78, 5) is 40.1. The number of nitrogens with one attached hydrogen (secondary N) is 2. The van der Waals surface area contributed by atoms with Crippen LogP contribution in [0.25, 0.3) is 0 Å². The molecule has 5 rings (SSSR count). The summed E-state index contributed by atoms with van der Waals surface area (Å²) >= 11 is 0.908. The highest BCUT2D eigenvalue weighted by molar-refractivity contribution is 7.15. The van der Waals surface area contributed by atoms with E-state index in [-0.39, 0.29) is 41.1 Å². The molecule has 1 unspecified atom stereocenters. The van der Waals surface area contributed by atoms with Crippen molar-refractivity contribution in [3.63, 3.8) is 0 Å². The van der Waals surface area contributed by atoms with Crippen molar-refractivity contribution >= 4 is 40.4 Å². The van der Waals surface area contributed by atoms with Gasteiger partial charge in [-0.2, -0.15) is 0 Å². The Balaban J connectivity index is 1.20. The van der Waals surface area contributed by atoms with Gasteiger partial charge in [0.25, 0.3) is 11.8 Å². The minimum atomic E-state index is -0.486. The molecule has 1 fully saturated rings. The Kier molecular flexibility index (Phi) is 6.67. The topological polar surface area (TPSA) is 132 Å². The van der Waals surface area contributed by atoms with Gasteiger partial charge in [-0.25, -0.2) is 0 Å². The fourth-order valence-electron chi connectivity index (χ4n) is 4.02. The van der Waals surface area contributed by atoms with Crippen molar-refractivity contribution < 1.29 is 28.6 Å². The van der Waals surface area contributed by atoms with Gasteiger partial charge in [0.2, 0.25) is 22.7 Å². The van der Waals surface area contributed by atoms with Crippen molar-refractivity contribution in [2.24, 2.45) is 5.92 Å². The Bertz CT molecular complexity index is 1310. The molecule has 1 atom stereocenters. The van der Waals surface area contributed by atoms with Gasteiger partial charge in [-0.05, 0) is 37.1 Å². The molecule has 0 aliphatic carbocycles. The van der Waals surface area contributed by atoms with Gasteiger partial charge in [0, 0.05) is 36.6 Å². The molecule has 1 saturated heterocycles. The zero-order valence-electron chi connectivity index (χ0n) is 19.4. The maximum absolute atomic E-state index is 13.1. The van der Waals surface area contributed by atoms with Gasteiger partial charge < -0.3 is 29.7 Å². The average molecular weight is 510 g/mol. The summed E-state index contributed by atoms with van der Waals surface area (Å²) in [5.41, 5.74) is 1.14. The van der Waals surface area contributed by atoms with E-state index in [0.717, 1.165) is 11.3 Å². The number of ether oxygens (including phenoxy) is 3. The molecule has 2 aliphatic rings. The normalized spacial score (nSPS) is 16.4.